The van der Waals surface area contributed by atoms with Gasteiger partial charge >= 0.3 is 0 Å². The monoisotopic (exact) mass is 589 g/mol. The normalized spacial score (nSPS) is 14.2. The summed E-state index contributed by atoms with van der Waals surface area (Å²) in [5, 5.41) is 20.1. The molecule has 0 bridgehead atoms. The van der Waals surface area contributed by atoms with E-state index in [9.17, 15) is 4.79 Å². The van der Waals surface area contributed by atoms with E-state index >= 15 is 0 Å². The number of ether oxygens (including phenoxy) is 1. The molecule has 9 heteroatoms. The predicted molar refractivity (Wildman–Crippen MR) is 172 cm³/mol. The first kappa shape index (κ1) is 32.3. The summed E-state index contributed by atoms with van der Waals surface area (Å²) in [7, 11) is 0. The molecule has 2 unspecified atom stereocenters. The number of hydrogen-bond acceptors (Lipinski definition) is 5. The second-order valence-electron chi connectivity index (χ2n) is 14.1. The number of hydrogen-bond donors (Lipinski definition) is 2. The van der Waals surface area contributed by atoms with Crippen molar-refractivity contribution in [3.05, 3.63) is 59.3 Å². The number of benzene rings is 1. The van der Waals surface area contributed by atoms with E-state index in [1.54, 1.807) is 6.20 Å². The summed E-state index contributed by atoms with van der Waals surface area (Å²) in [5.74, 6) is 1.30. The van der Waals surface area contributed by atoms with Gasteiger partial charge in [-0.2, -0.15) is 5.10 Å². The standard InChI is InChI=1S/C34H51N7O2/c1-12-25(43-26-17-16-23(33(8,9)13-2)20-24(26)34(10,11)14-3)31(42)35-21-22(4)29-37-38-30-27(40-19-15-18-36-40)28(32(5,6)7)39-41(29)30/h15-20,22,25,39H,12-14,21H2,1-11H3,(H,35,42). The van der Waals surface area contributed by atoms with E-state index in [0.717, 1.165) is 41.4 Å². The summed E-state index contributed by atoms with van der Waals surface area (Å²) in [5.41, 5.74) is 4.84. The van der Waals surface area contributed by atoms with Crippen molar-refractivity contribution in [3.8, 4) is 11.4 Å². The Kier molecular flexibility index (Phi) is 9.14. The second-order valence-corrected chi connectivity index (χ2v) is 14.1. The molecule has 0 spiro atoms. The number of rotatable bonds is 12. The topological polar surface area (TPSA) is 102 Å². The Hall–Kier alpha value is -3.62. The van der Waals surface area contributed by atoms with Crippen molar-refractivity contribution < 1.29 is 9.53 Å². The molecule has 0 aliphatic carbocycles. The zero-order valence-electron chi connectivity index (χ0n) is 28.0. The lowest BCUT2D eigenvalue weighted by Crippen LogP contribution is -2.40. The lowest BCUT2D eigenvalue weighted by atomic mass is 9.76. The molecule has 0 radical (unpaired) electrons. The minimum atomic E-state index is -0.605. The molecule has 0 fully saturated rings. The van der Waals surface area contributed by atoms with Crippen LogP contribution in [0.15, 0.2) is 36.7 Å². The molecule has 0 aliphatic heterocycles. The van der Waals surface area contributed by atoms with Crippen LogP contribution in [0.1, 0.15) is 124 Å². The van der Waals surface area contributed by atoms with Crippen molar-refractivity contribution in [2.75, 3.05) is 6.54 Å². The van der Waals surface area contributed by atoms with Gasteiger partial charge in [-0.25, -0.2) is 9.20 Å². The molecule has 43 heavy (non-hydrogen) atoms. The van der Waals surface area contributed by atoms with Crippen LogP contribution in [0.3, 0.4) is 0 Å². The van der Waals surface area contributed by atoms with E-state index < -0.39 is 6.10 Å². The van der Waals surface area contributed by atoms with Gasteiger partial charge in [-0.15, -0.1) is 10.2 Å². The van der Waals surface area contributed by atoms with Crippen LogP contribution in [0.5, 0.6) is 5.75 Å². The van der Waals surface area contributed by atoms with E-state index in [1.165, 1.54) is 5.56 Å². The molecule has 234 valence electrons. The predicted octanol–water partition coefficient (Wildman–Crippen LogP) is 6.99. The molecular weight excluding hydrogens is 538 g/mol. The van der Waals surface area contributed by atoms with E-state index in [4.69, 9.17) is 4.74 Å². The van der Waals surface area contributed by atoms with Crippen molar-refractivity contribution in [2.24, 2.45) is 0 Å². The molecule has 2 atom stereocenters. The van der Waals surface area contributed by atoms with Crippen molar-refractivity contribution in [1.82, 2.24) is 34.9 Å². The third kappa shape index (κ3) is 6.50. The Morgan fingerprint density at radius 1 is 1.02 bits per heavy atom. The Bertz CT molecular complexity index is 1540. The maximum absolute atomic E-state index is 13.5. The van der Waals surface area contributed by atoms with Gasteiger partial charge in [0.25, 0.3) is 5.91 Å². The molecule has 4 rings (SSSR count). The van der Waals surface area contributed by atoms with Gasteiger partial charge in [-0.3, -0.25) is 9.89 Å². The first-order valence-corrected chi connectivity index (χ1v) is 15.7. The number of fused-ring (bicyclic) bond motifs is 1. The minimum Gasteiger partial charge on any atom is -0.480 e. The summed E-state index contributed by atoms with van der Waals surface area (Å²) >= 11 is 0. The van der Waals surface area contributed by atoms with Crippen molar-refractivity contribution in [1.29, 1.82) is 0 Å². The van der Waals surface area contributed by atoms with E-state index in [1.807, 2.05) is 35.3 Å². The molecule has 3 heterocycles. The third-order valence-electron chi connectivity index (χ3n) is 9.06. The highest BCUT2D eigenvalue weighted by atomic mass is 16.5. The van der Waals surface area contributed by atoms with E-state index in [2.05, 4.69) is 106 Å². The molecule has 1 aromatic carbocycles. The highest BCUT2D eigenvalue weighted by Gasteiger charge is 2.31. The lowest BCUT2D eigenvalue weighted by Gasteiger charge is -2.31. The maximum Gasteiger partial charge on any atom is 0.261 e. The summed E-state index contributed by atoms with van der Waals surface area (Å²) in [6.45, 7) is 24.3. The Morgan fingerprint density at radius 2 is 1.72 bits per heavy atom. The molecule has 0 saturated heterocycles. The number of H-pyrrole nitrogens is 1. The zero-order chi connectivity index (χ0) is 31.7. The number of aromatic amines is 1. The lowest BCUT2D eigenvalue weighted by molar-refractivity contribution is -0.128. The highest BCUT2D eigenvalue weighted by molar-refractivity contribution is 5.81. The smallest absolute Gasteiger partial charge is 0.261 e. The quantitative estimate of drug-likeness (QED) is 0.185. The average Bonchev–Trinajstić information content (AvgIpc) is 3.71. The molecule has 9 nitrogen and oxygen atoms in total. The van der Waals surface area contributed by atoms with E-state index in [-0.39, 0.29) is 28.1 Å². The van der Waals surface area contributed by atoms with Crippen LogP contribution in [-0.4, -0.2) is 48.1 Å². The summed E-state index contributed by atoms with van der Waals surface area (Å²) in [6, 6.07) is 8.38. The number of carbonyl (C=O) groups is 1. The largest absolute Gasteiger partial charge is 0.480 e. The molecule has 4 aromatic rings. The molecule has 3 aromatic heterocycles. The number of nitrogens with zero attached hydrogens (tertiary/aromatic N) is 5. The van der Waals surface area contributed by atoms with Crippen LogP contribution in [0.25, 0.3) is 11.3 Å². The average molecular weight is 590 g/mol. The number of amides is 1. The Balaban J connectivity index is 1.54. The zero-order valence-corrected chi connectivity index (χ0v) is 28.0. The third-order valence-corrected chi connectivity index (χ3v) is 9.06. The molecular formula is C34H51N7O2. The summed E-state index contributed by atoms with van der Waals surface area (Å²) in [4.78, 5) is 13.5. The van der Waals surface area contributed by atoms with Crippen LogP contribution < -0.4 is 10.1 Å². The Morgan fingerprint density at radius 3 is 2.30 bits per heavy atom. The molecule has 1 amide bonds. The second kappa shape index (κ2) is 12.2. The highest BCUT2D eigenvalue weighted by Crippen LogP contribution is 2.39. The van der Waals surface area contributed by atoms with Gasteiger partial charge in [0.1, 0.15) is 11.4 Å². The first-order chi connectivity index (χ1) is 20.1. The summed E-state index contributed by atoms with van der Waals surface area (Å²) in [6.07, 6.45) is 5.62. The van der Waals surface area contributed by atoms with Crippen LogP contribution in [0.2, 0.25) is 0 Å². The van der Waals surface area contributed by atoms with Crippen molar-refractivity contribution >= 4 is 11.6 Å². The van der Waals surface area contributed by atoms with Gasteiger partial charge in [0, 0.05) is 35.8 Å². The van der Waals surface area contributed by atoms with Crippen LogP contribution in [-0.2, 0) is 21.0 Å². The minimum absolute atomic E-state index is 0.0633. The fourth-order valence-corrected chi connectivity index (χ4v) is 5.21. The van der Waals surface area contributed by atoms with Gasteiger partial charge in [-0.05, 0) is 47.8 Å². The SMILES string of the molecule is CCC(Oc1ccc(C(C)(C)CC)cc1C(C)(C)CC)C(=O)NCC(C)c1nnc2c(-n3cccn3)c(C(C)(C)C)[nH]n12. The molecule has 0 saturated carbocycles. The fraction of sp³-hybridized carbons (Fsp3) is 0.588. The molecule has 0 aliphatic rings. The summed E-state index contributed by atoms with van der Waals surface area (Å²) < 4.78 is 10.2. The number of carbonyl (C=O) groups excluding carboxylic acids is 1. The van der Waals surface area contributed by atoms with Gasteiger partial charge in [0.15, 0.2) is 11.9 Å². The van der Waals surface area contributed by atoms with Gasteiger partial charge in [0.05, 0.1) is 5.69 Å². The Labute approximate surface area is 256 Å². The maximum atomic E-state index is 13.5. The van der Waals surface area contributed by atoms with Crippen LogP contribution in [0, 0.1) is 0 Å². The molecule has 2 N–H and O–H groups in total. The van der Waals surface area contributed by atoms with Crippen LogP contribution >= 0.6 is 0 Å². The van der Waals surface area contributed by atoms with Crippen LogP contribution in [0.4, 0.5) is 0 Å². The fourth-order valence-electron chi connectivity index (χ4n) is 5.21. The van der Waals surface area contributed by atoms with Crippen molar-refractivity contribution in [2.45, 2.75) is 124 Å². The van der Waals surface area contributed by atoms with Gasteiger partial charge < -0.3 is 10.1 Å². The van der Waals surface area contributed by atoms with E-state index in [0.29, 0.717) is 18.6 Å². The number of aromatic nitrogens is 6. The number of nitrogens with one attached hydrogen (secondary N) is 2. The van der Waals surface area contributed by atoms with Crippen molar-refractivity contribution in [3.63, 3.8) is 0 Å². The first-order valence-electron chi connectivity index (χ1n) is 15.7. The van der Waals surface area contributed by atoms with Gasteiger partial charge in [-0.1, -0.05) is 88.3 Å². The van der Waals surface area contributed by atoms with Gasteiger partial charge in [0.2, 0.25) is 5.65 Å².